The van der Waals surface area contributed by atoms with E-state index < -0.39 is 0 Å². The molecule has 3 nitrogen and oxygen atoms in total. The van der Waals surface area contributed by atoms with Crippen molar-refractivity contribution >= 4 is 11.6 Å². The summed E-state index contributed by atoms with van der Waals surface area (Å²) in [7, 11) is 0. The van der Waals surface area contributed by atoms with E-state index in [0.29, 0.717) is 24.0 Å². The number of hydrogen-bond acceptors (Lipinski definition) is 3. The quantitative estimate of drug-likeness (QED) is 0.774. The van der Waals surface area contributed by atoms with E-state index >= 15 is 0 Å². The second kappa shape index (κ2) is 8.26. The first-order chi connectivity index (χ1) is 9.84. The average molecular weight is 309 g/mol. The Labute approximate surface area is 133 Å². The lowest BCUT2D eigenvalue weighted by Crippen LogP contribution is -2.20. The maximum Gasteiger partial charge on any atom is 0.123 e. The Bertz CT molecular complexity index is 492. The van der Waals surface area contributed by atoms with Crippen LogP contribution in [0.1, 0.15) is 39.7 Å². The van der Waals surface area contributed by atoms with Gasteiger partial charge in [-0.15, -0.1) is 0 Å². The Kier molecular flexibility index (Phi) is 7.01. The van der Waals surface area contributed by atoms with E-state index in [9.17, 15) is 0 Å². The maximum absolute atomic E-state index is 9.02. The van der Waals surface area contributed by atoms with E-state index in [0.717, 1.165) is 24.4 Å². The third-order valence-electron chi connectivity index (χ3n) is 3.18. The van der Waals surface area contributed by atoms with Gasteiger partial charge >= 0.3 is 0 Å². The van der Waals surface area contributed by atoms with Crippen LogP contribution in [0, 0.1) is 22.7 Å². The molecule has 0 saturated heterocycles. The molecule has 0 radical (unpaired) electrons. The van der Waals surface area contributed by atoms with Crippen LogP contribution in [-0.4, -0.2) is 13.2 Å². The van der Waals surface area contributed by atoms with Gasteiger partial charge in [-0.2, -0.15) is 5.26 Å². The van der Waals surface area contributed by atoms with Crippen LogP contribution in [0.5, 0.6) is 5.75 Å². The topological polar surface area (TPSA) is 45.0 Å². The van der Waals surface area contributed by atoms with Crippen molar-refractivity contribution in [3.05, 3.63) is 28.8 Å². The molecule has 0 aromatic heterocycles. The van der Waals surface area contributed by atoms with Crippen molar-refractivity contribution in [2.45, 2.75) is 40.7 Å². The minimum absolute atomic E-state index is 0.359. The zero-order chi connectivity index (χ0) is 15.9. The van der Waals surface area contributed by atoms with Crippen LogP contribution in [0.25, 0.3) is 0 Å². The predicted octanol–water partition coefficient (Wildman–Crippen LogP) is 4.40. The van der Waals surface area contributed by atoms with Gasteiger partial charge in [0.1, 0.15) is 5.75 Å². The number of hydrogen-bond donors (Lipinski definition) is 1. The number of benzene rings is 1. The zero-order valence-corrected chi connectivity index (χ0v) is 14.1. The Morgan fingerprint density at radius 1 is 1.38 bits per heavy atom. The van der Waals surface area contributed by atoms with Gasteiger partial charge in [-0.25, -0.2) is 0 Å². The highest BCUT2D eigenvalue weighted by atomic mass is 35.5. The van der Waals surface area contributed by atoms with E-state index in [1.54, 1.807) is 0 Å². The van der Waals surface area contributed by atoms with Crippen LogP contribution in [0.2, 0.25) is 5.02 Å². The molecule has 0 aliphatic carbocycles. The summed E-state index contributed by atoms with van der Waals surface area (Å²) in [4.78, 5) is 0. The third kappa shape index (κ3) is 6.84. The molecule has 0 saturated carbocycles. The first-order valence-corrected chi connectivity index (χ1v) is 7.75. The maximum atomic E-state index is 9.02. The molecule has 0 amide bonds. The van der Waals surface area contributed by atoms with Crippen LogP contribution < -0.4 is 10.1 Å². The van der Waals surface area contributed by atoms with Crippen molar-refractivity contribution in [1.82, 2.24) is 5.32 Å². The molecule has 0 heterocycles. The molecule has 1 aromatic rings. The standard InChI is InChI=1S/C17H25ClN2O/c1-13(2)10-20-11-14-9-15(18)5-6-16(14)21-8-7-17(3,4)12-19/h5-6,9,13,20H,7-8,10-11H2,1-4H3. The van der Waals surface area contributed by atoms with Crippen LogP contribution in [0.15, 0.2) is 18.2 Å². The lowest BCUT2D eigenvalue weighted by Gasteiger charge is -2.17. The Balaban J connectivity index is 2.62. The van der Waals surface area contributed by atoms with Crippen LogP contribution >= 0.6 is 11.6 Å². The summed E-state index contributed by atoms with van der Waals surface area (Å²) in [5, 5.41) is 13.1. The molecule has 116 valence electrons. The average Bonchev–Trinajstić information content (AvgIpc) is 2.40. The fourth-order valence-electron chi connectivity index (χ4n) is 1.79. The fraction of sp³-hybridized carbons (Fsp3) is 0.588. The van der Waals surface area contributed by atoms with Gasteiger partial charge in [0.15, 0.2) is 0 Å². The summed E-state index contributed by atoms with van der Waals surface area (Å²) < 4.78 is 5.84. The van der Waals surface area contributed by atoms with Gasteiger partial charge in [0.2, 0.25) is 0 Å². The molecule has 0 spiro atoms. The van der Waals surface area contributed by atoms with Gasteiger partial charge in [-0.3, -0.25) is 0 Å². The highest BCUT2D eigenvalue weighted by Gasteiger charge is 2.16. The van der Waals surface area contributed by atoms with Crippen molar-refractivity contribution < 1.29 is 4.74 Å². The van der Waals surface area contributed by atoms with E-state index in [1.807, 2.05) is 32.0 Å². The fourth-order valence-corrected chi connectivity index (χ4v) is 1.99. The van der Waals surface area contributed by atoms with Gasteiger partial charge in [-0.1, -0.05) is 25.4 Å². The molecule has 1 rings (SSSR count). The highest BCUT2D eigenvalue weighted by Crippen LogP contribution is 2.25. The SMILES string of the molecule is CC(C)CNCc1cc(Cl)ccc1OCCC(C)(C)C#N. The number of nitrogens with one attached hydrogen (secondary N) is 1. The van der Waals surface area contributed by atoms with Gasteiger partial charge in [0, 0.05) is 17.1 Å². The number of rotatable bonds is 8. The summed E-state index contributed by atoms with van der Waals surface area (Å²) in [6.45, 7) is 10.4. The Morgan fingerprint density at radius 3 is 2.71 bits per heavy atom. The van der Waals surface area contributed by atoms with Crippen molar-refractivity contribution in [2.24, 2.45) is 11.3 Å². The van der Waals surface area contributed by atoms with E-state index in [2.05, 4.69) is 25.2 Å². The summed E-state index contributed by atoms with van der Waals surface area (Å²) in [6.07, 6.45) is 0.699. The molecule has 0 atom stereocenters. The summed E-state index contributed by atoms with van der Waals surface area (Å²) in [5.74, 6) is 1.44. The predicted molar refractivity (Wildman–Crippen MR) is 87.5 cm³/mol. The van der Waals surface area contributed by atoms with Gasteiger partial charge in [0.25, 0.3) is 0 Å². The number of ether oxygens (including phenoxy) is 1. The minimum Gasteiger partial charge on any atom is -0.493 e. The molecule has 0 aliphatic rings. The van der Waals surface area contributed by atoms with E-state index in [4.69, 9.17) is 21.6 Å². The van der Waals surface area contributed by atoms with Crippen molar-refractivity contribution in [1.29, 1.82) is 5.26 Å². The Hall–Kier alpha value is -1.24. The monoisotopic (exact) mass is 308 g/mol. The molecule has 1 aromatic carbocycles. The first-order valence-electron chi connectivity index (χ1n) is 7.37. The molecule has 0 bridgehead atoms. The molecule has 0 fully saturated rings. The number of halogens is 1. The smallest absolute Gasteiger partial charge is 0.123 e. The van der Waals surface area contributed by atoms with Crippen molar-refractivity contribution in [3.8, 4) is 11.8 Å². The third-order valence-corrected chi connectivity index (χ3v) is 3.41. The largest absolute Gasteiger partial charge is 0.493 e. The molecule has 1 N–H and O–H groups in total. The van der Waals surface area contributed by atoms with E-state index in [-0.39, 0.29) is 5.41 Å². The Morgan fingerprint density at radius 2 is 2.10 bits per heavy atom. The second-order valence-corrected chi connectivity index (χ2v) is 6.81. The minimum atomic E-state index is -0.359. The van der Waals surface area contributed by atoms with Gasteiger partial charge < -0.3 is 10.1 Å². The molecule has 4 heteroatoms. The summed E-state index contributed by atoms with van der Waals surface area (Å²) in [6, 6.07) is 7.94. The number of nitrogens with zero attached hydrogens (tertiary/aromatic N) is 1. The van der Waals surface area contributed by atoms with Gasteiger partial charge in [0.05, 0.1) is 18.1 Å². The van der Waals surface area contributed by atoms with Crippen LogP contribution in [0.3, 0.4) is 0 Å². The summed E-state index contributed by atoms with van der Waals surface area (Å²) >= 11 is 6.06. The van der Waals surface area contributed by atoms with Gasteiger partial charge in [-0.05, 0) is 50.9 Å². The molecule has 0 unspecified atom stereocenters. The zero-order valence-electron chi connectivity index (χ0n) is 13.4. The normalized spacial score (nSPS) is 11.5. The highest BCUT2D eigenvalue weighted by molar-refractivity contribution is 6.30. The van der Waals surface area contributed by atoms with Crippen molar-refractivity contribution in [3.63, 3.8) is 0 Å². The van der Waals surface area contributed by atoms with Crippen LogP contribution in [-0.2, 0) is 6.54 Å². The molecule has 21 heavy (non-hydrogen) atoms. The van der Waals surface area contributed by atoms with E-state index in [1.165, 1.54) is 0 Å². The summed E-state index contributed by atoms with van der Waals surface area (Å²) in [5.41, 5.74) is 0.695. The first kappa shape index (κ1) is 17.8. The lowest BCUT2D eigenvalue weighted by atomic mass is 9.92. The second-order valence-electron chi connectivity index (χ2n) is 6.37. The molecular formula is C17H25ClN2O. The molecular weight excluding hydrogens is 284 g/mol. The number of nitriles is 1. The lowest BCUT2D eigenvalue weighted by molar-refractivity contribution is 0.262. The molecule has 0 aliphatic heterocycles. The van der Waals surface area contributed by atoms with Crippen LogP contribution in [0.4, 0.5) is 0 Å². The van der Waals surface area contributed by atoms with Crippen molar-refractivity contribution in [2.75, 3.05) is 13.2 Å².